The second-order valence-electron chi connectivity index (χ2n) is 5.39. The summed E-state index contributed by atoms with van der Waals surface area (Å²) >= 11 is 0. The van der Waals surface area contributed by atoms with E-state index in [-0.39, 0.29) is 11.9 Å². The standard InChI is InChI=1S/C13H24N2O3/c1-4-7-15(10-5-6-10)13(18)14-11(12(16)17)8-9(2)3/h9-11H,4-8H2,1-3H3,(H,14,18)(H,16,17). The van der Waals surface area contributed by atoms with E-state index >= 15 is 0 Å². The number of nitrogens with one attached hydrogen (secondary N) is 1. The molecule has 104 valence electrons. The summed E-state index contributed by atoms with van der Waals surface area (Å²) in [5.41, 5.74) is 0. The number of carbonyl (C=O) groups is 2. The molecule has 0 spiro atoms. The number of rotatable bonds is 7. The number of carboxylic acids is 1. The van der Waals surface area contributed by atoms with Crippen LogP contribution in [0, 0.1) is 5.92 Å². The Labute approximate surface area is 109 Å². The van der Waals surface area contributed by atoms with Gasteiger partial charge in [-0.3, -0.25) is 0 Å². The fourth-order valence-corrected chi connectivity index (χ4v) is 2.00. The van der Waals surface area contributed by atoms with E-state index in [2.05, 4.69) is 5.32 Å². The summed E-state index contributed by atoms with van der Waals surface area (Å²) in [5.74, 6) is -0.712. The van der Waals surface area contributed by atoms with Gasteiger partial charge in [0.15, 0.2) is 0 Å². The predicted octanol–water partition coefficient (Wildman–Crippen LogP) is 2.07. The van der Waals surface area contributed by atoms with Crippen molar-refractivity contribution in [2.75, 3.05) is 6.54 Å². The molecule has 2 N–H and O–H groups in total. The number of carbonyl (C=O) groups excluding carboxylic acids is 1. The third-order valence-electron chi connectivity index (χ3n) is 3.02. The van der Waals surface area contributed by atoms with Gasteiger partial charge < -0.3 is 15.3 Å². The molecule has 0 aromatic carbocycles. The van der Waals surface area contributed by atoms with Gasteiger partial charge in [0.05, 0.1) is 0 Å². The van der Waals surface area contributed by atoms with Crippen LogP contribution in [0.25, 0.3) is 0 Å². The molecule has 0 radical (unpaired) electrons. The molecule has 1 saturated carbocycles. The molecule has 1 unspecified atom stereocenters. The summed E-state index contributed by atoms with van der Waals surface area (Å²) in [7, 11) is 0. The Morgan fingerprint density at radius 2 is 2.00 bits per heavy atom. The van der Waals surface area contributed by atoms with Gasteiger partial charge in [-0.15, -0.1) is 0 Å². The van der Waals surface area contributed by atoms with Gasteiger partial charge in [-0.25, -0.2) is 9.59 Å². The van der Waals surface area contributed by atoms with Crippen molar-refractivity contribution in [3.63, 3.8) is 0 Å². The minimum Gasteiger partial charge on any atom is -0.480 e. The van der Waals surface area contributed by atoms with E-state index in [1.807, 2.05) is 20.8 Å². The number of hydrogen-bond donors (Lipinski definition) is 2. The lowest BCUT2D eigenvalue weighted by molar-refractivity contribution is -0.139. The van der Waals surface area contributed by atoms with Crippen molar-refractivity contribution < 1.29 is 14.7 Å². The van der Waals surface area contributed by atoms with Crippen LogP contribution in [0.5, 0.6) is 0 Å². The summed E-state index contributed by atoms with van der Waals surface area (Å²) < 4.78 is 0. The van der Waals surface area contributed by atoms with Crippen molar-refractivity contribution in [3.05, 3.63) is 0 Å². The van der Waals surface area contributed by atoms with Crippen molar-refractivity contribution in [2.45, 2.75) is 58.5 Å². The summed E-state index contributed by atoms with van der Waals surface area (Å²) in [6.07, 6.45) is 3.43. The van der Waals surface area contributed by atoms with Crippen molar-refractivity contribution in [1.82, 2.24) is 10.2 Å². The number of amides is 2. The maximum Gasteiger partial charge on any atom is 0.326 e. The van der Waals surface area contributed by atoms with Crippen LogP contribution in [0.3, 0.4) is 0 Å². The van der Waals surface area contributed by atoms with Crippen LogP contribution in [0.2, 0.25) is 0 Å². The van der Waals surface area contributed by atoms with Gasteiger partial charge in [0.2, 0.25) is 0 Å². The molecule has 0 aromatic heterocycles. The summed E-state index contributed by atoms with van der Waals surface area (Å²) in [5, 5.41) is 11.7. The number of nitrogens with zero attached hydrogens (tertiary/aromatic N) is 1. The Morgan fingerprint density at radius 1 is 1.39 bits per heavy atom. The zero-order valence-corrected chi connectivity index (χ0v) is 11.5. The van der Waals surface area contributed by atoms with Crippen LogP contribution >= 0.6 is 0 Å². The van der Waals surface area contributed by atoms with E-state index in [9.17, 15) is 9.59 Å². The van der Waals surface area contributed by atoms with E-state index in [0.29, 0.717) is 19.0 Å². The van der Waals surface area contributed by atoms with Gasteiger partial charge in [-0.2, -0.15) is 0 Å². The first-order valence-electron chi connectivity index (χ1n) is 6.75. The zero-order chi connectivity index (χ0) is 13.7. The van der Waals surface area contributed by atoms with E-state index in [0.717, 1.165) is 19.3 Å². The van der Waals surface area contributed by atoms with Crippen molar-refractivity contribution in [1.29, 1.82) is 0 Å². The van der Waals surface area contributed by atoms with Gasteiger partial charge >= 0.3 is 12.0 Å². The highest BCUT2D eigenvalue weighted by atomic mass is 16.4. The summed E-state index contributed by atoms with van der Waals surface area (Å²) in [4.78, 5) is 24.9. The van der Waals surface area contributed by atoms with Crippen LogP contribution in [0.4, 0.5) is 4.79 Å². The molecule has 5 nitrogen and oxygen atoms in total. The zero-order valence-electron chi connectivity index (χ0n) is 11.5. The fraction of sp³-hybridized carbons (Fsp3) is 0.846. The van der Waals surface area contributed by atoms with Crippen LogP contribution < -0.4 is 5.32 Å². The molecular weight excluding hydrogens is 232 g/mol. The number of aliphatic carboxylic acids is 1. The van der Waals surface area contributed by atoms with Gasteiger partial charge in [-0.1, -0.05) is 20.8 Å². The molecule has 1 aliphatic carbocycles. The van der Waals surface area contributed by atoms with Gasteiger partial charge in [0.25, 0.3) is 0 Å². The maximum absolute atomic E-state index is 12.1. The van der Waals surface area contributed by atoms with E-state index in [1.165, 1.54) is 0 Å². The molecule has 0 heterocycles. The lowest BCUT2D eigenvalue weighted by Crippen LogP contribution is -2.49. The summed E-state index contributed by atoms with van der Waals surface area (Å²) in [6.45, 7) is 6.62. The molecule has 0 bridgehead atoms. The summed E-state index contributed by atoms with van der Waals surface area (Å²) in [6, 6.07) is -0.693. The lowest BCUT2D eigenvalue weighted by atomic mass is 10.0. The molecule has 1 atom stereocenters. The number of hydrogen-bond acceptors (Lipinski definition) is 2. The van der Waals surface area contributed by atoms with E-state index < -0.39 is 12.0 Å². The average Bonchev–Trinajstić information content (AvgIpc) is 3.07. The van der Waals surface area contributed by atoms with Crippen LogP contribution in [-0.4, -0.2) is 40.6 Å². The van der Waals surface area contributed by atoms with Gasteiger partial charge in [0, 0.05) is 12.6 Å². The number of urea groups is 1. The molecule has 18 heavy (non-hydrogen) atoms. The third-order valence-corrected chi connectivity index (χ3v) is 3.02. The first-order valence-corrected chi connectivity index (χ1v) is 6.75. The first-order chi connectivity index (χ1) is 8.45. The molecule has 1 fully saturated rings. The minimum atomic E-state index is -0.954. The topological polar surface area (TPSA) is 69.6 Å². The van der Waals surface area contributed by atoms with E-state index in [4.69, 9.17) is 5.11 Å². The Bertz CT molecular complexity index is 301. The highest BCUT2D eigenvalue weighted by Crippen LogP contribution is 2.27. The highest BCUT2D eigenvalue weighted by Gasteiger charge is 2.33. The Hall–Kier alpha value is -1.26. The van der Waals surface area contributed by atoms with Crippen LogP contribution in [0.15, 0.2) is 0 Å². The Morgan fingerprint density at radius 3 is 2.39 bits per heavy atom. The molecule has 0 aliphatic heterocycles. The largest absolute Gasteiger partial charge is 0.480 e. The monoisotopic (exact) mass is 256 g/mol. The van der Waals surface area contributed by atoms with Gasteiger partial charge in [0.1, 0.15) is 6.04 Å². The molecule has 2 amide bonds. The minimum absolute atomic E-state index is 0.229. The van der Waals surface area contributed by atoms with E-state index in [1.54, 1.807) is 4.90 Å². The van der Waals surface area contributed by atoms with Crippen molar-refractivity contribution in [3.8, 4) is 0 Å². The van der Waals surface area contributed by atoms with Crippen LogP contribution in [0.1, 0.15) is 46.5 Å². The molecule has 0 aromatic rings. The van der Waals surface area contributed by atoms with Crippen molar-refractivity contribution in [2.24, 2.45) is 5.92 Å². The average molecular weight is 256 g/mol. The van der Waals surface area contributed by atoms with Gasteiger partial charge in [-0.05, 0) is 31.6 Å². The highest BCUT2D eigenvalue weighted by molar-refractivity contribution is 5.82. The Balaban J connectivity index is 2.55. The maximum atomic E-state index is 12.1. The molecule has 0 saturated heterocycles. The SMILES string of the molecule is CCCN(C(=O)NC(CC(C)C)C(=O)O)C1CC1. The molecule has 1 aliphatic rings. The molecular formula is C13H24N2O3. The van der Waals surface area contributed by atoms with Crippen LogP contribution in [-0.2, 0) is 4.79 Å². The Kier molecular flexibility index (Phi) is 5.44. The fourth-order valence-electron chi connectivity index (χ4n) is 2.00. The quantitative estimate of drug-likeness (QED) is 0.732. The molecule has 5 heteroatoms. The normalized spacial score (nSPS) is 16.4. The second-order valence-corrected chi connectivity index (χ2v) is 5.39. The molecule has 1 rings (SSSR count). The number of carboxylic acid groups (broad SMARTS) is 1. The first kappa shape index (κ1) is 14.8. The predicted molar refractivity (Wildman–Crippen MR) is 69.4 cm³/mol. The third kappa shape index (κ3) is 4.55. The second kappa shape index (κ2) is 6.61. The lowest BCUT2D eigenvalue weighted by Gasteiger charge is -2.25. The smallest absolute Gasteiger partial charge is 0.326 e. The van der Waals surface area contributed by atoms with Crippen molar-refractivity contribution >= 4 is 12.0 Å².